The van der Waals surface area contributed by atoms with E-state index in [4.69, 9.17) is 20.4 Å². The van der Waals surface area contributed by atoms with Gasteiger partial charge in [0.15, 0.2) is 0 Å². The van der Waals surface area contributed by atoms with Crippen molar-refractivity contribution in [3.8, 4) is 67.8 Å². The summed E-state index contributed by atoms with van der Waals surface area (Å²) < 4.78 is 0. The van der Waals surface area contributed by atoms with Crippen LogP contribution in [0.5, 0.6) is 0 Å². The maximum atomic E-state index is 11.5. The predicted molar refractivity (Wildman–Crippen MR) is 353 cm³/mol. The molecule has 0 aliphatic heterocycles. The van der Waals surface area contributed by atoms with Crippen molar-refractivity contribution >= 4 is 59.7 Å². The molecule has 0 aliphatic carbocycles. The SMILES string of the molecule is O=C([O-])c1cc(C(=O)O)cc(-c2c(C(=O)[O-])cc(C(=O)O)cc2C(=O)O)c1.O=C([O-])c1cc(C(=O)O)cc(-c2c(C(=O)[O-])cc(C(=O)O)cc2C(=O)O)c1.[Co+2].[Co+2].c1ccc(-c2ccccn2)nc1.c1ccc(-c2ccccn2)nc1.c1ccc(-c2ccccn2)nc1.c1ccc(-c2ccccn2)nc1. The van der Waals surface area contributed by atoms with Crippen molar-refractivity contribution in [3.63, 3.8) is 0 Å². The smallest absolute Gasteiger partial charge is 0.545 e. The minimum absolute atomic E-state index is 0. The summed E-state index contributed by atoms with van der Waals surface area (Å²) in [5, 5.41) is 100. The van der Waals surface area contributed by atoms with Crippen LogP contribution in [0.1, 0.15) is 104 Å². The average molecular weight is 1490 g/mol. The molecule has 12 aromatic rings. The molecule has 8 heterocycles. The average Bonchev–Trinajstić information content (AvgIpc) is 0.777. The Morgan fingerprint density at radius 3 is 0.558 bits per heavy atom. The second-order valence-electron chi connectivity index (χ2n) is 20.2. The van der Waals surface area contributed by atoms with Crippen LogP contribution in [0.15, 0.2) is 256 Å². The quantitative estimate of drug-likeness (QED) is 0.0571. The molecule has 0 amide bonds. The van der Waals surface area contributed by atoms with Crippen LogP contribution in [-0.4, -0.2) is 130 Å². The minimum atomic E-state index is -1.94. The van der Waals surface area contributed by atoms with Crippen LogP contribution in [0, 0.1) is 0 Å². The number of carbonyl (C=O) groups is 10. The van der Waals surface area contributed by atoms with Crippen molar-refractivity contribution in [1.82, 2.24) is 39.9 Å². The molecular formula is C74H48Co2N8O20. The second kappa shape index (κ2) is 39.4. The van der Waals surface area contributed by atoms with E-state index in [2.05, 4.69) is 39.9 Å². The Morgan fingerprint density at radius 2 is 0.404 bits per heavy atom. The van der Waals surface area contributed by atoms with Gasteiger partial charge in [0.1, 0.15) is 0 Å². The number of carbonyl (C=O) groups excluding carboxylic acids is 4. The monoisotopic (exact) mass is 1490 g/mol. The second-order valence-corrected chi connectivity index (χ2v) is 20.2. The summed E-state index contributed by atoms with van der Waals surface area (Å²) in [4.78, 5) is 146. The van der Waals surface area contributed by atoms with Gasteiger partial charge in [-0.05, 0) is 180 Å². The van der Waals surface area contributed by atoms with Crippen LogP contribution in [0.3, 0.4) is 0 Å². The van der Waals surface area contributed by atoms with Crippen LogP contribution in [0.25, 0.3) is 67.8 Å². The summed E-state index contributed by atoms with van der Waals surface area (Å²) in [6.45, 7) is 0. The fourth-order valence-electron chi connectivity index (χ4n) is 8.95. The van der Waals surface area contributed by atoms with E-state index < -0.39 is 126 Å². The van der Waals surface area contributed by atoms with E-state index in [1.807, 2.05) is 146 Å². The fourth-order valence-corrected chi connectivity index (χ4v) is 8.95. The van der Waals surface area contributed by atoms with E-state index in [-0.39, 0.29) is 44.7 Å². The van der Waals surface area contributed by atoms with Gasteiger partial charge >= 0.3 is 69.4 Å². The molecule has 104 heavy (non-hydrogen) atoms. The van der Waals surface area contributed by atoms with Gasteiger partial charge < -0.3 is 70.2 Å². The topological polar surface area (TPSA) is 487 Å². The Bertz CT molecular complexity index is 4260. The molecule has 0 bridgehead atoms. The number of benzene rings is 4. The molecule has 0 saturated heterocycles. The molecular weight excluding hydrogens is 1440 g/mol. The molecule has 0 atom stereocenters. The van der Waals surface area contributed by atoms with Crippen LogP contribution < -0.4 is 20.4 Å². The largest absolute Gasteiger partial charge is 2.00 e. The summed E-state index contributed by atoms with van der Waals surface area (Å²) in [6.07, 6.45) is 14.1. The zero-order chi connectivity index (χ0) is 73.8. The van der Waals surface area contributed by atoms with Crippen molar-refractivity contribution in [2.45, 2.75) is 0 Å². The third-order valence-electron chi connectivity index (χ3n) is 13.4. The summed E-state index contributed by atoms with van der Waals surface area (Å²) in [7, 11) is 0. The third-order valence-corrected chi connectivity index (χ3v) is 13.4. The molecule has 522 valence electrons. The molecule has 30 heteroatoms. The molecule has 0 spiro atoms. The molecule has 2 radical (unpaired) electrons. The number of hydrogen-bond acceptors (Lipinski definition) is 22. The van der Waals surface area contributed by atoms with Gasteiger partial charge in [-0.1, -0.05) is 48.5 Å². The molecule has 0 saturated carbocycles. The number of nitrogens with zero attached hydrogens (tertiary/aromatic N) is 8. The van der Waals surface area contributed by atoms with E-state index >= 15 is 0 Å². The van der Waals surface area contributed by atoms with Gasteiger partial charge in [0.05, 0.1) is 103 Å². The summed E-state index contributed by atoms with van der Waals surface area (Å²) >= 11 is 0. The van der Waals surface area contributed by atoms with E-state index in [0.29, 0.717) is 24.3 Å². The molecule has 0 fully saturated rings. The molecule has 6 N–H and O–H groups in total. The van der Waals surface area contributed by atoms with Crippen molar-refractivity contribution in [2.75, 3.05) is 0 Å². The van der Waals surface area contributed by atoms with Crippen molar-refractivity contribution in [1.29, 1.82) is 0 Å². The normalized spacial score (nSPS) is 9.77. The Labute approximate surface area is 608 Å². The Kier molecular flexibility index (Phi) is 30.5. The Morgan fingerprint density at radius 1 is 0.221 bits per heavy atom. The molecule has 8 aromatic heterocycles. The number of rotatable bonds is 16. The maximum Gasteiger partial charge on any atom is 2.00 e. The fraction of sp³-hybridized carbons (Fsp3) is 0. The third kappa shape index (κ3) is 22.9. The van der Waals surface area contributed by atoms with Crippen LogP contribution >= 0.6 is 0 Å². The zero-order valence-corrected chi connectivity index (χ0v) is 55.0. The van der Waals surface area contributed by atoms with E-state index in [0.717, 1.165) is 81.9 Å². The summed E-state index contributed by atoms with van der Waals surface area (Å²) in [5.74, 6) is -17.2. The Hall–Kier alpha value is -14.2. The number of carboxylic acid groups (broad SMARTS) is 10. The standard InChI is InChI=1S/2C17H10O10.4C10H8N2.2Co/c2*18-13(19)7-1-6(2-8(3-7)14(20)21)12-10(16(24)25)4-9(15(22)23)5-11(12)17(26)27;4*1-3-7-11-9(5-1)10-6-2-4-8-12-10;;/h2*1-5H,(H,18,19)(H,20,21)(H,22,23)(H,24,25)(H,26,27);4*1-8H;;/q;;;;;;2*+2/p-4. The first-order chi connectivity index (χ1) is 48.9. The number of aromatic nitrogens is 8. The van der Waals surface area contributed by atoms with Gasteiger partial charge in [-0.15, -0.1) is 0 Å². The minimum Gasteiger partial charge on any atom is -0.545 e. The van der Waals surface area contributed by atoms with Gasteiger partial charge in [-0.3, -0.25) is 39.9 Å². The first-order valence-electron chi connectivity index (χ1n) is 29.1. The number of carboxylic acids is 10. The summed E-state index contributed by atoms with van der Waals surface area (Å²) in [6, 6.07) is 53.8. The molecule has 28 nitrogen and oxygen atoms in total. The van der Waals surface area contributed by atoms with E-state index in [1.54, 1.807) is 49.6 Å². The number of aromatic carboxylic acids is 10. The number of hydrogen-bond donors (Lipinski definition) is 6. The number of pyridine rings is 8. The van der Waals surface area contributed by atoms with Gasteiger partial charge in [-0.25, -0.2) is 28.8 Å². The van der Waals surface area contributed by atoms with Crippen LogP contribution in [0.4, 0.5) is 0 Å². The molecule has 0 aliphatic rings. The van der Waals surface area contributed by atoms with Gasteiger partial charge in [-0.2, -0.15) is 0 Å². The van der Waals surface area contributed by atoms with Gasteiger partial charge in [0.25, 0.3) is 0 Å². The maximum absolute atomic E-state index is 11.5. The van der Waals surface area contributed by atoms with Crippen molar-refractivity contribution < 1.29 is 133 Å². The van der Waals surface area contributed by atoms with Crippen LogP contribution in [-0.2, 0) is 33.6 Å². The van der Waals surface area contributed by atoms with E-state index in [9.17, 15) is 78.6 Å². The zero-order valence-electron chi connectivity index (χ0n) is 52.9. The molecule has 4 aromatic carbocycles. The predicted octanol–water partition coefficient (Wildman–Crippen LogP) is 6.92. The first-order valence-corrected chi connectivity index (χ1v) is 29.1. The molecule has 12 rings (SSSR count). The van der Waals surface area contributed by atoms with E-state index in [1.165, 1.54) is 0 Å². The molecule has 0 unspecified atom stereocenters. The van der Waals surface area contributed by atoms with Gasteiger partial charge in [0, 0.05) is 71.8 Å². The van der Waals surface area contributed by atoms with Crippen LogP contribution in [0.2, 0.25) is 0 Å². The first kappa shape index (κ1) is 80.5. The summed E-state index contributed by atoms with van der Waals surface area (Å²) in [5.41, 5.74) is -1.72. The van der Waals surface area contributed by atoms with Crippen molar-refractivity contribution in [2.24, 2.45) is 0 Å². The Balaban J connectivity index is 0.000000233. The van der Waals surface area contributed by atoms with Crippen molar-refractivity contribution in [3.05, 3.63) is 311 Å². The van der Waals surface area contributed by atoms with Gasteiger partial charge in [0.2, 0.25) is 0 Å².